The summed E-state index contributed by atoms with van der Waals surface area (Å²) in [7, 11) is 0. The smallest absolute Gasteiger partial charge is 0.240 e. The maximum absolute atomic E-state index is 11.2. The molecule has 0 radical (unpaired) electrons. The average Bonchev–Trinajstić information content (AvgIpc) is 2.32. The molecule has 4 nitrogen and oxygen atoms in total. The molecule has 0 bridgehead atoms. The van der Waals surface area contributed by atoms with Crippen LogP contribution in [0, 0.1) is 11.3 Å². The number of nitrogens with zero attached hydrogens (tertiary/aromatic N) is 2. The second-order valence-corrected chi connectivity index (χ2v) is 2.73. The molecule has 1 saturated heterocycles. The molecule has 1 unspecified atom stereocenters. The number of rotatable bonds is 1. The van der Waals surface area contributed by atoms with Gasteiger partial charge in [0.25, 0.3) is 0 Å². The van der Waals surface area contributed by atoms with Crippen molar-refractivity contribution in [2.75, 3.05) is 6.54 Å². The lowest BCUT2D eigenvalue weighted by atomic mass is 10.3. The molecule has 60 valence electrons. The molecule has 1 aliphatic heterocycles. The van der Waals surface area contributed by atoms with E-state index in [1.165, 1.54) is 4.90 Å². The maximum Gasteiger partial charge on any atom is 0.240 e. The normalized spacial score (nSPS) is 26.8. The summed E-state index contributed by atoms with van der Waals surface area (Å²) in [6, 6.07) is 1.29. The third-order valence-electron chi connectivity index (χ3n) is 1.94. The van der Waals surface area contributed by atoms with E-state index >= 15 is 0 Å². The third kappa shape index (κ3) is 1.33. The van der Waals surface area contributed by atoms with Crippen molar-refractivity contribution in [3.8, 4) is 6.07 Å². The molecule has 1 fully saturated rings. The van der Waals surface area contributed by atoms with Crippen molar-refractivity contribution < 1.29 is 4.79 Å². The largest absolute Gasteiger partial charge is 0.326 e. The molecule has 0 aromatic rings. The van der Waals surface area contributed by atoms with Crippen LogP contribution in [0.15, 0.2) is 0 Å². The van der Waals surface area contributed by atoms with Crippen LogP contribution >= 0.6 is 0 Å². The van der Waals surface area contributed by atoms with Crippen LogP contribution in [0.4, 0.5) is 0 Å². The summed E-state index contributed by atoms with van der Waals surface area (Å²) < 4.78 is 0. The second kappa shape index (κ2) is 2.89. The van der Waals surface area contributed by atoms with Crippen LogP contribution < -0.4 is 5.73 Å². The number of hydrogen-bond acceptors (Lipinski definition) is 3. The average molecular weight is 153 g/mol. The Bertz CT molecular complexity index is 208. The van der Waals surface area contributed by atoms with E-state index < -0.39 is 0 Å². The van der Waals surface area contributed by atoms with Crippen molar-refractivity contribution in [2.45, 2.75) is 25.4 Å². The van der Waals surface area contributed by atoms with Gasteiger partial charge in [-0.2, -0.15) is 5.26 Å². The number of nitrogens with two attached hydrogens (primary N) is 1. The van der Waals surface area contributed by atoms with E-state index in [2.05, 4.69) is 0 Å². The zero-order valence-corrected chi connectivity index (χ0v) is 6.45. The summed E-state index contributed by atoms with van der Waals surface area (Å²) >= 11 is 0. The SMILES string of the molecule is C[C@H](C#N)N1CCC(N)C1=O. The van der Waals surface area contributed by atoms with Crippen molar-refractivity contribution in [2.24, 2.45) is 5.73 Å². The van der Waals surface area contributed by atoms with Crippen LogP contribution in [0.5, 0.6) is 0 Å². The summed E-state index contributed by atoms with van der Waals surface area (Å²) in [5, 5.41) is 8.51. The van der Waals surface area contributed by atoms with Gasteiger partial charge in [0.15, 0.2) is 0 Å². The summed E-state index contributed by atoms with van der Waals surface area (Å²) in [6.45, 7) is 2.32. The van der Waals surface area contributed by atoms with Crippen LogP contribution in [0.1, 0.15) is 13.3 Å². The molecule has 1 amide bonds. The molecule has 0 aliphatic carbocycles. The lowest BCUT2D eigenvalue weighted by Crippen LogP contribution is -2.38. The molecular weight excluding hydrogens is 142 g/mol. The van der Waals surface area contributed by atoms with Gasteiger partial charge in [-0.05, 0) is 13.3 Å². The second-order valence-electron chi connectivity index (χ2n) is 2.73. The number of likely N-dealkylation sites (tertiary alicyclic amines) is 1. The van der Waals surface area contributed by atoms with Crippen molar-refractivity contribution >= 4 is 5.91 Å². The molecule has 0 saturated carbocycles. The highest BCUT2D eigenvalue weighted by Crippen LogP contribution is 2.11. The van der Waals surface area contributed by atoms with Crippen molar-refractivity contribution in [1.82, 2.24) is 4.90 Å². The molecule has 1 rings (SSSR count). The Kier molecular flexibility index (Phi) is 2.11. The fraction of sp³-hybridized carbons (Fsp3) is 0.714. The van der Waals surface area contributed by atoms with Gasteiger partial charge in [0.2, 0.25) is 5.91 Å². The first kappa shape index (κ1) is 8.02. The quantitative estimate of drug-likeness (QED) is 0.550. The maximum atomic E-state index is 11.2. The molecule has 0 spiro atoms. The Hall–Kier alpha value is -1.08. The van der Waals surface area contributed by atoms with Crippen molar-refractivity contribution in [1.29, 1.82) is 5.26 Å². The fourth-order valence-corrected chi connectivity index (χ4v) is 1.18. The van der Waals surface area contributed by atoms with Gasteiger partial charge >= 0.3 is 0 Å². The minimum atomic E-state index is -0.384. The molecule has 0 aromatic carbocycles. The minimum absolute atomic E-state index is 0.0981. The van der Waals surface area contributed by atoms with E-state index in [0.717, 1.165) is 0 Å². The Labute approximate surface area is 65.6 Å². The molecular formula is C7H11N3O. The third-order valence-corrected chi connectivity index (χ3v) is 1.94. The van der Waals surface area contributed by atoms with Crippen LogP contribution in [0.3, 0.4) is 0 Å². The van der Waals surface area contributed by atoms with Gasteiger partial charge in [-0.3, -0.25) is 4.79 Å². The number of hydrogen-bond donors (Lipinski definition) is 1. The van der Waals surface area contributed by atoms with Gasteiger partial charge in [-0.1, -0.05) is 0 Å². The summed E-state index contributed by atoms with van der Waals surface area (Å²) in [5.41, 5.74) is 5.46. The Morgan fingerprint density at radius 1 is 1.91 bits per heavy atom. The zero-order valence-electron chi connectivity index (χ0n) is 6.45. The Morgan fingerprint density at radius 2 is 2.55 bits per heavy atom. The van der Waals surface area contributed by atoms with Crippen molar-refractivity contribution in [3.63, 3.8) is 0 Å². The van der Waals surface area contributed by atoms with Crippen LogP contribution in [0.25, 0.3) is 0 Å². The first-order valence-electron chi connectivity index (χ1n) is 3.62. The minimum Gasteiger partial charge on any atom is -0.326 e. The number of carbonyl (C=O) groups is 1. The van der Waals surface area contributed by atoms with E-state index in [1.807, 2.05) is 6.07 Å². The summed E-state index contributed by atoms with van der Waals surface area (Å²) in [5.74, 6) is -0.0981. The van der Waals surface area contributed by atoms with E-state index in [0.29, 0.717) is 13.0 Å². The first-order chi connectivity index (χ1) is 5.16. The lowest BCUT2D eigenvalue weighted by Gasteiger charge is -2.17. The highest BCUT2D eigenvalue weighted by atomic mass is 16.2. The van der Waals surface area contributed by atoms with Crippen LogP contribution in [-0.4, -0.2) is 29.4 Å². The van der Waals surface area contributed by atoms with Gasteiger partial charge in [0.1, 0.15) is 6.04 Å². The number of carbonyl (C=O) groups excluding carboxylic acids is 1. The van der Waals surface area contributed by atoms with Gasteiger partial charge in [-0.15, -0.1) is 0 Å². The van der Waals surface area contributed by atoms with Gasteiger partial charge < -0.3 is 10.6 Å². The van der Waals surface area contributed by atoms with Gasteiger partial charge in [0.05, 0.1) is 12.1 Å². The topological polar surface area (TPSA) is 70.1 Å². The van der Waals surface area contributed by atoms with E-state index in [1.54, 1.807) is 6.92 Å². The highest BCUT2D eigenvalue weighted by Gasteiger charge is 2.31. The molecule has 1 aliphatic rings. The van der Waals surface area contributed by atoms with Crippen molar-refractivity contribution in [3.05, 3.63) is 0 Å². The van der Waals surface area contributed by atoms with E-state index in [4.69, 9.17) is 11.0 Å². The lowest BCUT2D eigenvalue weighted by molar-refractivity contribution is -0.129. The monoisotopic (exact) mass is 153 g/mol. The zero-order chi connectivity index (χ0) is 8.43. The standard InChI is InChI=1S/C7H11N3O/c1-5(4-8)10-3-2-6(9)7(10)11/h5-6H,2-3,9H2,1H3/t5-,6?/m1/s1. The Balaban J connectivity index is 2.64. The summed E-state index contributed by atoms with van der Waals surface area (Å²) in [6.07, 6.45) is 0.671. The number of nitriles is 1. The van der Waals surface area contributed by atoms with E-state index in [-0.39, 0.29) is 18.0 Å². The predicted molar refractivity (Wildman–Crippen MR) is 39.4 cm³/mol. The van der Waals surface area contributed by atoms with Crippen LogP contribution in [-0.2, 0) is 4.79 Å². The Morgan fingerprint density at radius 3 is 2.91 bits per heavy atom. The van der Waals surface area contributed by atoms with E-state index in [9.17, 15) is 4.79 Å². The van der Waals surface area contributed by atoms with Gasteiger partial charge in [0, 0.05) is 6.54 Å². The first-order valence-corrected chi connectivity index (χ1v) is 3.62. The number of amides is 1. The molecule has 11 heavy (non-hydrogen) atoms. The molecule has 2 N–H and O–H groups in total. The molecule has 1 heterocycles. The fourth-order valence-electron chi connectivity index (χ4n) is 1.18. The molecule has 0 aromatic heterocycles. The van der Waals surface area contributed by atoms with Crippen LogP contribution in [0.2, 0.25) is 0 Å². The molecule has 2 atom stereocenters. The summed E-state index contributed by atoms with van der Waals surface area (Å²) in [4.78, 5) is 12.7. The highest BCUT2D eigenvalue weighted by molar-refractivity contribution is 5.84. The predicted octanol–water partition coefficient (Wildman–Crippen LogP) is -0.542. The molecule has 4 heteroatoms. The van der Waals surface area contributed by atoms with Gasteiger partial charge in [-0.25, -0.2) is 0 Å².